The monoisotopic (exact) mass is 274 g/mol. The Hall–Kier alpha value is -1.91. The number of aromatic nitrogens is 3. The minimum atomic E-state index is 0.182. The largest absolute Gasteiger partial charge is 0.341 e. The lowest BCUT2D eigenvalue weighted by Gasteiger charge is -2.15. The highest BCUT2D eigenvalue weighted by atomic mass is 16.2. The zero-order chi connectivity index (χ0) is 14.5. The number of amides is 1. The summed E-state index contributed by atoms with van der Waals surface area (Å²) in [5.41, 5.74) is 0.843. The fraction of sp³-hybridized carbons (Fsp3) is 0.533. The molecule has 0 aliphatic carbocycles. The van der Waals surface area contributed by atoms with Crippen LogP contribution in [0.4, 0.5) is 0 Å². The van der Waals surface area contributed by atoms with Gasteiger partial charge in [0.2, 0.25) is 5.91 Å². The maximum atomic E-state index is 12.1. The van der Waals surface area contributed by atoms with Crippen LogP contribution in [0.15, 0.2) is 18.5 Å². The van der Waals surface area contributed by atoms with Crippen molar-refractivity contribution >= 4 is 16.9 Å². The Morgan fingerprint density at radius 2 is 2.00 bits per heavy atom. The summed E-state index contributed by atoms with van der Waals surface area (Å²) >= 11 is 0. The number of hydrogen-bond donors (Lipinski definition) is 0. The summed E-state index contributed by atoms with van der Waals surface area (Å²) in [7, 11) is 0. The van der Waals surface area contributed by atoms with Crippen molar-refractivity contribution in [1.29, 1.82) is 0 Å². The van der Waals surface area contributed by atoms with Crippen molar-refractivity contribution in [3.05, 3.63) is 24.3 Å². The quantitative estimate of drug-likeness (QED) is 0.845. The number of aryl methyl sites for hydroxylation is 1. The van der Waals surface area contributed by atoms with Gasteiger partial charge in [-0.15, -0.1) is 0 Å². The maximum absolute atomic E-state index is 12.1. The van der Waals surface area contributed by atoms with E-state index in [1.54, 1.807) is 6.20 Å². The third-order valence-corrected chi connectivity index (χ3v) is 3.39. The summed E-state index contributed by atoms with van der Waals surface area (Å²) in [5, 5.41) is 0.981. The fourth-order valence-corrected chi connectivity index (χ4v) is 2.40. The second-order valence-corrected chi connectivity index (χ2v) is 4.73. The Balaban J connectivity index is 0.000000704. The minimum absolute atomic E-state index is 0.182. The van der Waals surface area contributed by atoms with Crippen LogP contribution in [0, 0.1) is 6.92 Å². The summed E-state index contributed by atoms with van der Waals surface area (Å²) in [6.45, 7) is 8.02. The number of carbonyl (C=O) groups is 1. The predicted octanol–water partition coefficient (Wildman–Crippen LogP) is 2.39. The van der Waals surface area contributed by atoms with Gasteiger partial charge in [-0.2, -0.15) is 0 Å². The zero-order valence-electron chi connectivity index (χ0n) is 12.5. The first-order valence-electron chi connectivity index (χ1n) is 7.30. The van der Waals surface area contributed by atoms with E-state index in [0.717, 1.165) is 42.8 Å². The van der Waals surface area contributed by atoms with E-state index in [9.17, 15) is 4.79 Å². The molecule has 0 aromatic carbocycles. The first-order chi connectivity index (χ1) is 9.74. The molecule has 1 fully saturated rings. The van der Waals surface area contributed by atoms with Gasteiger partial charge in [0.05, 0.1) is 0 Å². The van der Waals surface area contributed by atoms with Crippen LogP contribution in [0.2, 0.25) is 0 Å². The van der Waals surface area contributed by atoms with Crippen LogP contribution in [0.5, 0.6) is 0 Å². The van der Waals surface area contributed by atoms with Crippen LogP contribution in [0.25, 0.3) is 11.0 Å². The van der Waals surface area contributed by atoms with Gasteiger partial charge in [0.1, 0.15) is 18.0 Å². The molecule has 1 saturated heterocycles. The molecule has 0 saturated carbocycles. The van der Waals surface area contributed by atoms with Gasteiger partial charge in [-0.3, -0.25) is 4.79 Å². The molecule has 1 amide bonds. The number of fused-ring (bicyclic) bond motifs is 1. The smallest absolute Gasteiger partial charge is 0.242 e. The SMILES string of the molecule is CC.Cc1ncc2ccn(CC(=O)N3CCCC3)c2n1. The summed E-state index contributed by atoms with van der Waals surface area (Å²) in [5.74, 6) is 0.914. The molecular weight excluding hydrogens is 252 g/mol. The molecule has 0 N–H and O–H groups in total. The first kappa shape index (κ1) is 14.5. The first-order valence-corrected chi connectivity index (χ1v) is 7.30. The van der Waals surface area contributed by atoms with Gasteiger partial charge in [0.15, 0.2) is 0 Å². The Labute approximate surface area is 119 Å². The van der Waals surface area contributed by atoms with Crippen LogP contribution >= 0.6 is 0 Å². The molecule has 5 nitrogen and oxygen atoms in total. The van der Waals surface area contributed by atoms with Gasteiger partial charge in [-0.1, -0.05) is 13.8 Å². The number of hydrogen-bond acceptors (Lipinski definition) is 3. The Bertz CT molecular complexity index is 585. The Kier molecular flexibility index (Phi) is 4.71. The van der Waals surface area contributed by atoms with Crippen LogP contribution in [0.1, 0.15) is 32.5 Å². The van der Waals surface area contributed by atoms with E-state index in [4.69, 9.17) is 0 Å². The lowest BCUT2D eigenvalue weighted by atomic mass is 10.4. The van der Waals surface area contributed by atoms with Gasteiger partial charge in [-0.05, 0) is 25.8 Å². The third kappa shape index (κ3) is 2.98. The second-order valence-electron chi connectivity index (χ2n) is 4.73. The van der Waals surface area contributed by atoms with E-state index >= 15 is 0 Å². The lowest BCUT2D eigenvalue weighted by Crippen LogP contribution is -2.30. The number of carbonyl (C=O) groups excluding carboxylic acids is 1. The second kappa shape index (κ2) is 6.50. The normalized spacial score (nSPS) is 14.2. The average molecular weight is 274 g/mol. The molecule has 0 unspecified atom stereocenters. The standard InChI is InChI=1S/C13H16N4O.C2H6/c1-10-14-8-11-4-7-17(13(11)15-10)9-12(18)16-5-2-3-6-16;1-2/h4,7-8H,2-3,5-6,9H2,1H3;1-2H3. The van der Waals surface area contributed by atoms with Crippen molar-refractivity contribution in [2.75, 3.05) is 13.1 Å². The Morgan fingerprint density at radius 1 is 1.30 bits per heavy atom. The van der Waals surface area contributed by atoms with Crippen molar-refractivity contribution in [3.8, 4) is 0 Å². The van der Waals surface area contributed by atoms with Gasteiger partial charge < -0.3 is 9.47 Å². The van der Waals surface area contributed by atoms with Crippen molar-refractivity contribution in [3.63, 3.8) is 0 Å². The van der Waals surface area contributed by atoms with Gasteiger partial charge in [-0.25, -0.2) is 9.97 Å². The molecule has 2 aromatic rings. The topological polar surface area (TPSA) is 51.0 Å². The highest BCUT2D eigenvalue weighted by molar-refractivity contribution is 5.80. The Morgan fingerprint density at radius 3 is 2.70 bits per heavy atom. The molecule has 0 bridgehead atoms. The molecule has 1 aliphatic rings. The van der Waals surface area contributed by atoms with Gasteiger partial charge in [0.25, 0.3) is 0 Å². The summed E-state index contributed by atoms with van der Waals surface area (Å²) in [4.78, 5) is 22.6. The molecule has 0 radical (unpaired) electrons. The molecule has 1 aliphatic heterocycles. The summed E-state index contributed by atoms with van der Waals surface area (Å²) in [6.07, 6.45) is 5.96. The summed E-state index contributed by atoms with van der Waals surface area (Å²) in [6, 6.07) is 1.95. The van der Waals surface area contributed by atoms with Gasteiger partial charge >= 0.3 is 0 Å². The van der Waals surface area contributed by atoms with Crippen LogP contribution in [0.3, 0.4) is 0 Å². The molecule has 5 heteroatoms. The predicted molar refractivity (Wildman–Crippen MR) is 79.4 cm³/mol. The molecule has 2 aromatic heterocycles. The van der Waals surface area contributed by atoms with Gasteiger partial charge in [0, 0.05) is 30.9 Å². The number of likely N-dealkylation sites (tertiary alicyclic amines) is 1. The summed E-state index contributed by atoms with van der Waals surface area (Å²) < 4.78 is 1.91. The molecule has 108 valence electrons. The molecular formula is C15H22N4O. The number of nitrogens with zero attached hydrogens (tertiary/aromatic N) is 4. The highest BCUT2D eigenvalue weighted by Crippen LogP contribution is 2.14. The highest BCUT2D eigenvalue weighted by Gasteiger charge is 2.18. The van der Waals surface area contributed by atoms with Crippen molar-refractivity contribution < 1.29 is 4.79 Å². The maximum Gasteiger partial charge on any atom is 0.242 e. The van der Waals surface area contributed by atoms with E-state index in [1.807, 2.05) is 42.5 Å². The van der Waals surface area contributed by atoms with E-state index in [2.05, 4.69) is 9.97 Å². The van der Waals surface area contributed by atoms with E-state index in [0.29, 0.717) is 6.54 Å². The van der Waals surface area contributed by atoms with Crippen LogP contribution < -0.4 is 0 Å². The van der Waals surface area contributed by atoms with E-state index in [-0.39, 0.29) is 5.91 Å². The zero-order valence-corrected chi connectivity index (χ0v) is 12.5. The third-order valence-electron chi connectivity index (χ3n) is 3.39. The van der Waals surface area contributed by atoms with Crippen molar-refractivity contribution in [2.24, 2.45) is 0 Å². The van der Waals surface area contributed by atoms with Crippen molar-refractivity contribution in [2.45, 2.75) is 40.2 Å². The van der Waals surface area contributed by atoms with E-state index < -0.39 is 0 Å². The lowest BCUT2D eigenvalue weighted by molar-refractivity contribution is -0.130. The molecule has 3 rings (SSSR count). The number of rotatable bonds is 2. The van der Waals surface area contributed by atoms with Crippen molar-refractivity contribution in [1.82, 2.24) is 19.4 Å². The average Bonchev–Trinajstić information content (AvgIpc) is 3.11. The fourth-order valence-electron chi connectivity index (χ4n) is 2.40. The van der Waals surface area contributed by atoms with Crippen LogP contribution in [-0.4, -0.2) is 38.4 Å². The molecule has 0 atom stereocenters. The minimum Gasteiger partial charge on any atom is -0.341 e. The molecule has 20 heavy (non-hydrogen) atoms. The van der Waals surface area contributed by atoms with E-state index in [1.165, 1.54) is 0 Å². The molecule has 3 heterocycles. The molecule has 0 spiro atoms. The van der Waals surface area contributed by atoms with Crippen LogP contribution in [-0.2, 0) is 11.3 Å².